The minimum Gasteiger partial charge on any atom is -0.337 e. The Bertz CT molecular complexity index is 917. The first-order chi connectivity index (χ1) is 14.3. The number of nitrogens with zero attached hydrogens (tertiary/aromatic N) is 2. The van der Waals surface area contributed by atoms with Crippen molar-refractivity contribution in [3.63, 3.8) is 0 Å². The summed E-state index contributed by atoms with van der Waals surface area (Å²) in [6.07, 6.45) is 2.61. The molecule has 3 rings (SSSR count). The number of hydrogen-bond donors (Lipinski definition) is 1. The van der Waals surface area contributed by atoms with Crippen LogP contribution < -0.4 is 5.32 Å². The van der Waals surface area contributed by atoms with Crippen molar-refractivity contribution >= 4 is 53.1 Å². The van der Waals surface area contributed by atoms with E-state index in [0.717, 1.165) is 36.4 Å². The van der Waals surface area contributed by atoms with E-state index in [0.29, 0.717) is 10.0 Å². The number of rotatable bonds is 7. The molecule has 1 heterocycles. The van der Waals surface area contributed by atoms with Crippen molar-refractivity contribution < 1.29 is 9.59 Å². The summed E-state index contributed by atoms with van der Waals surface area (Å²) in [7, 11) is 1.84. The predicted octanol–water partition coefficient (Wildman–Crippen LogP) is 5.21. The van der Waals surface area contributed by atoms with Crippen LogP contribution in [0.15, 0.2) is 42.5 Å². The Labute approximate surface area is 200 Å². The van der Waals surface area contributed by atoms with Gasteiger partial charge in [0.05, 0.1) is 22.5 Å². The molecule has 5 nitrogen and oxygen atoms in total. The van der Waals surface area contributed by atoms with Gasteiger partial charge in [0.1, 0.15) is 0 Å². The van der Waals surface area contributed by atoms with E-state index in [2.05, 4.69) is 10.2 Å². The molecule has 2 aromatic carbocycles. The topological polar surface area (TPSA) is 52.7 Å². The first-order valence-electron chi connectivity index (χ1n) is 10.1. The van der Waals surface area contributed by atoms with Crippen LogP contribution in [0.3, 0.4) is 0 Å². The summed E-state index contributed by atoms with van der Waals surface area (Å²) in [5, 5.41) is 3.75. The molecule has 0 spiro atoms. The molecule has 0 aromatic heterocycles. The number of halogens is 3. The van der Waals surface area contributed by atoms with Gasteiger partial charge in [-0.15, -0.1) is 12.4 Å². The van der Waals surface area contributed by atoms with Crippen LogP contribution in [0.2, 0.25) is 10.0 Å². The van der Waals surface area contributed by atoms with Gasteiger partial charge in [-0.2, -0.15) is 0 Å². The van der Waals surface area contributed by atoms with Crippen LogP contribution in [0.1, 0.15) is 36.9 Å². The third-order valence-corrected chi connectivity index (χ3v) is 6.16. The van der Waals surface area contributed by atoms with Crippen molar-refractivity contribution in [1.29, 1.82) is 0 Å². The maximum absolute atomic E-state index is 13.1. The maximum Gasteiger partial charge on any atom is 0.227 e. The number of nitrogens with one attached hydrogen (secondary N) is 1. The summed E-state index contributed by atoms with van der Waals surface area (Å²) in [6, 6.07) is 12.9. The Hall–Kier alpha value is -1.79. The Balaban J connectivity index is 0.00000341. The van der Waals surface area contributed by atoms with Gasteiger partial charge in [-0.05, 0) is 61.3 Å². The Morgan fingerprint density at radius 1 is 1.10 bits per heavy atom. The summed E-state index contributed by atoms with van der Waals surface area (Å²) in [6.45, 7) is 4.32. The van der Waals surface area contributed by atoms with Crippen LogP contribution in [-0.4, -0.2) is 48.3 Å². The molecule has 1 N–H and O–H groups in total. The van der Waals surface area contributed by atoms with Crippen molar-refractivity contribution in [2.75, 3.05) is 32.0 Å². The average molecular weight is 485 g/mol. The largest absolute Gasteiger partial charge is 0.337 e. The lowest BCUT2D eigenvalue weighted by Gasteiger charge is -2.32. The van der Waals surface area contributed by atoms with E-state index in [1.165, 1.54) is 19.8 Å². The molecule has 1 aliphatic heterocycles. The monoisotopic (exact) mass is 483 g/mol. The van der Waals surface area contributed by atoms with Gasteiger partial charge in [-0.1, -0.05) is 41.4 Å². The minimum absolute atomic E-state index is 0. The van der Waals surface area contributed by atoms with Crippen molar-refractivity contribution in [3.05, 3.63) is 63.6 Å². The van der Waals surface area contributed by atoms with Crippen molar-refractivity contribution in [3.8, 4) is 0 Å². The summed E-state index contributed by atoms with van der Waals surface area (Å²) in [5.74, 6) is -0.116. The quantitative estimate of drug-likeness (QED) is 0.587. The zero-order valence-electron chi connectivity index (χ0n) is 17.7. The number of anilines is 1. The number of benzene rings is 2. The number of likely N-dealkylation sites (tertiary alicyclic amines) is 1. The minimum atomic E-state index is -0.118. The van der Waals surface area contributed by atoms with Gasteiger partial charge in [0.25, 0.3) is 0 Å². The number of likely N-dealkylation sites (N-methyl/N-ethyl adjacent to an activating group) is 1. The molecule has 0 unspecified atom stereocenters. The molecule has 0 saturated carbocycles. The van der Waals surface area contributed by atoms with E-state index >= 15 is 0 Å². The highest BCUT2D eigenvalue weighted by molar-refractivity contribution is 6.42. The van der Waals surface area contributed by atoms with Gasteiger partial charge in [0, 0.05) is 26.2 Å². The molecule has 2 aromatic rings. The van der Waals surface area contributed by atoms with Crippen LogP contribution >= 0.6 is 35.6 Å². The van der Waals surface area contributed by atoms with E-state index in [9.17, 15) is 9.59 Å². The number of hydrogen-bond acceptors (Lipinski definition) is 3. The van der Waals surface area contributed by atoms with Gasteiger partial charge in [0.15, 0.2) is 0 Å². The third-order valence-electron chi connectivity index (χ3n) is 5.42. The number of amides is 2. The molecule has 1 saturated heterocycles. The molecule has 0 bridgehead atoms. The SMILES string of the molecule is CC(=O)Nc1cccc([C@H](CN2CCCC2)N(C)C(=O)Cc2ccc(Cl)c(Cl)c2)c1.Cl. The molecule has 8 heteroatoms. The van der Waals surface area contributed by atoms with Gasteiger partial charge < -0.3 is 15.1 Å². The van der Waals surface area contributed by atoms with Crippen molar-refractivity contribution in [1.82, 2.24) is 9.80 Å². The maximum atomic E-state index is 13.1. The van der Waals surface area contributed by atoms with Crippen LogP contribution in [0.4, 0.5) is 5.69 Å². The van der Waals surface area contributed by atoms with Crippen LogP contribution in [-0.2, 0) is 16.0 Å². The summed E-state index contributed by atoms with van der Waals surface area (Å²) in [4.78, 5) is 28.8. The molecule has 0 aliphatic carbocycles. The van der Waals surface area contributed by atoms with Crippen LogP contribution in [0.25, 0.3) is 0 Å². The van der Waals surface area contributed by atoms with E-state index in [1.807, 2.05) is 37.4 Å². The lowest BCUT2D eigenvalue weighted by molar-refractivity contribution is -0.131. The second kappa shape index (κ2) is 11.7. The van der Waals surface area contributed by atoms with E-state index in [1.54, 1.807) is 17.0 Å². The third kappa shape index (κ3) is 7.11. The van der Waals surface area contributed by atoms with Gasteiger partial charge in [-0.25, -0.2) is 0 Å². The summed E-state index contributed by atoms with van der Waals surface area (Å²) < 4.78 is 0. The summed E-state index contributed by atoms with van der Waals surface area (Å²) >= 11 is 12.1. The molecule has 31 heavy (non-hydrogen) atoms. The van der Waals surface area contributed by atoms with Gasteiger partial charge in [0.2, 0.25) is 11.8 Å². The zero-order chi connectivity index (χ0) is 21.7. The second-order valence-electron chi connectivity index (χ2n) is 7.76. The Morgan fingerprint density at radius 3 is 2.45 bits per heavy atom. The molecule has 1 atom stereocenters. The van der Waals surface area contributed by atoms with Crippen LogP contribution in [0, 0.1) is 0 Å². The molecule has 1 fully saturated rings. The Kier molecular flexibility index (Phi) is 9.63. The van der Waals surface area contributed by atoms with Gasteiger partial charge in [-0.3, -0.25) is 9.59 Å². The van der Waals surface area contributed by atoms with E-state index in [4.69, 9.17) is 23.2 Å². The molecule has 0 radical (unpaired) electrons. The average Bonchev–Trinajstić information content (AvgIpc) is 3.21. The highest BCUT2D eigenvalue weighted by Gasteiger charge is 2.26. The smallest absolute Gasteiger partial charge is 0.227 e. The highest BCUT2D eigenvalue weighted by Crippen LogP contribution is 2.27. The van der Waals surface area contributed by atoms with Crippen molar-refractivity contribution in [2.24, 2.45) is 0 Å². The second-order valence-corrected chi connectivity index (χ2v) is 8.57. The fraction of sp³-hybridized carbons (Fsp3) is 0.391. The van der Waals surface area contributed by atoms with Crippen LogP contribution in [0.5, 0.6) is 0 Å². The first-order valence-corrected chi connectivity index (χ1v) is 10.9. The van der Waals surface area contributed by atoms with E-state index < -0.39 is 0 Å². The molecule has 2 amide bonds. The fourth-order valence-electron chi connectivity index (χ4n) is 3.81. The van der Waals surface area contributed by atoms with Crippen molar-refractivity contribution in [2.45, 2.75) is 32.2 Å². The van der Waals surface area contributed by atoms with E-state index in [-0.39, 0.29) is 36.7 Å². The lowest BCUT2D eigenvalue weighted by atomic mass is 10.0. The normalized spacial score (nSPS) is 14.6. The molecule has 1 aliphatic rings. The number of carbonyl (C=O) groups is 2. The summed E-state index contributed by atoms with van der Waals surface area (Å²) in [5.41, 5.74) is 2.56. The zero-order valence-corrected chi connectivity index (χ0v) is 20.1. The molecular weight excluding hydrogens is 457 g/mol. The van der Waals surface area contributed by atoms with Gasteiger partial charge >= 0.3 is 0 Å². The fourth-order valence-corrected chi connectivity index (χ4v) is 4.13. The predicted molar refractivity (Wildman–Crippen MR) is 129 cm³/mol. The first kappa shape index (κ1) is 25.5. The lowest BCUT2D eigenvalue weighted by Crippen LogP contribution is -2.39. The Morgan fingerprint density at radius 2 is 1.81 bits per heavy atom. The molecule has 168 valence electrons. The molecular formula is C23H28Cl3N3O2. The number of carbonyl (C=O) groups excluding carboxylic acids is 2. The standard InChI is InChI=1S/C23H27Cl2N3O2.ClH/c1-16(29)26-19-7-5-6-18(14-19)22(15-28-10-3-4-11-28)27(2)23(30)13-17-8-9-20(24)21(25)12-17;/h5-9,12,14,22H,3-4,10-11,13,15H2,1-2H3,(H,26,29);1H/t22-;/m0./s1. The highest BCUT2D eigenvalue weighted by atomic mass is 35.5.